The number of piperidine rings is 1. The summed E-state index contributed by atoms with van der Waals surface area (Å²) in [4.78, 5) is 4.60. The zero-order valence-electron chi connectivity index (χ0n) is 12.3. The first-order chi connectivity index (χ1) is 8.97. The summed E-state index contributed by atoms with van der Waals surface area (Å²) in [5.74, 6) is 0. The molecular weight excluding hydrogens is 302 g/mol. The van der Waals surface area contributed by atoms with Crippen molar-refractivity contribution in [1.82, 2.24) is 4.90 Å². The number of likely N-dealkylation sites (tertiary alicyclic amines) is 1. The highest BCUT2D eigenvalue weighted by molar-refractivity contribution is 9.10. The second-order valence-electron chi connectivity index (χ2n) is 5.75. The summed E-state index contributed by atoms with van der Waals surface area (Å²) >= 11 is 3.56. The molecule has 1 N–H and O–H groups in total. The van der Waals surface area contributed by atoms with Crippen molar-refractivity contribution in [2.75, 3.05) is 37.9 Å². The van der Waals surface area contributed by atoms with Crippen molar-refractivity contribution >= 4 is 27.3 Å². The van der Waals surface area contributed by atoms with Gasteiger partial charge in [-0.3, -0.25) is 0 Å². The zero-order chi connectivity index (χ0) is 14.0. The van der Waals surface area contributed by atoms with Crippen LogP contribution in [0.25, 0.3) is 0 Å². The third-order valence-electron chi connectivity index (χ3n) is 4.01. The number of hydrogen-bond acceptors (Lipinski definition) is 3. The van der Waals surface area contributed by atoms with Crippen LogP contribution >= 0.6 is 15.9 Å². The van der Waals surface area contributed by atoms with E-state index in [1.54, 1.807) is 0 Å². The molecule has 1 heterocycles. The second-order valence-corrected chi connectivity index (χ2v) is 6.67. The average molecular weight is 326 g/mol. The van der Waals surface area contributed by atoms with E-state index in [0.29, 0.717) is 12.1 Å². The molecule has 1 aliphatic rings. The van der Waals surface area contributed by atoms with Crippen LogP contribution in [0.15, 0.2) is 22.7 Å². The molecule has 106 valence electrons. The van der Waals surface area contributed by atoms with Gasteiger partial charge in [0.15, 0.2) is 0 Å². The highest BCUT2D eigenvalue weighted by atomic mass is 79.9. The van der Waals surface area contributed by atoms with E-state index in [9.17, 15) is 0 Å². The fourth-order valence-electron chi connectivity index (χ4n) is 2.65. The van der Waals surface area contributed by atoms with Gasteiger partial charge < -0.3 is 15.1 Å². The first-order valence-corrected chi connectivity index (χ1v) is 7.70. The Morgan fingerprint density at radius 2 is 2.11 bits per heavy atom. The van der Waals surface area contributed by atoms with Gasteiger partial charge in [0.1, 0.15) is 0 Å². The van der Waals surface area contributed by atoms with Crippen molar-refractivity contribution in [2.45, 2.75) is 31.8 Å². The fourth-order valence-corrected chi connectivity index (χ4v) is 3.02. The predicted octanol–water partition coefficient (Wildman–Crippen LogP) is 3.41. The Hall–Kier alpha value is -0.740. The summed E-state index contributed by atoms with van der Waals surface area (Å²) < 4.78 is 1.13. The number of hydrogen-bond donors (Lipinski definition) is 1. The summed E-state index contributed by atoms with van der Waals surface area (Å²) in [6.07, 6.45) is 2.41. The van der Waals surface area contributed by atoms with Crippen LogP contribution in [-0.4, -0.2) is 44.7 Å². The topological polar surface area (TPSA) is 18.5 Å². The smallest absolute Gasteiger partial charge is 0.0597 e. The first-order valence-electron chi connectivity index (χ1n) is 6.91. The van der Waals surface area contributed by atoms with Crippen LogP contribution in [0.2, 0.25) is 0 Å². The summed E-state index contributed by atoms with van der Waals surface area (Å²) in [7, 11) is 6.39. The standard InChI is InChI=1S/C15H24BrN3/c1-11-9-13(7-8-19(11)4)17-14-10-12(16)5-6-15(14)18(2)3/h5-6,10-11,13,17H,7-9H2,1-4H3. The van der Waals surface area contributed by atoms with Gasteiger partial charge >= 0.3 is 0 Å². The molecule has 0 spiro atoms. The molecule has 0 bridgehead atoms. The second kappa shape index (κ2) is 6.14. The number of benzene rings is 1. The van der Waals surface area contributed by atoms with Crippen LogP contribution in [0.5, 0.6) is 0 Å². The predicted molar refractivity (Wildman–Crippen MR) is 87.2 cm³/mol. The molecule has 1 aliphatic heterocycles. The maximum atomic E-state index is 3.72. The minimum atomic E-state index is 0.569. The number of anilines is 2. The van der Waals surface area contributed by atoms with Crippen LogP contribution < -0.4 is 10.2 Å². The monoisotopic (exact) mass is 325 g/mol. The van der Waals surface area contributed by atoms with Crippen LogP contribution in [-0.2, 0) is 0 Å². The van der Waals surface area contributed by atoms with Gasteiger partial charge in [0.25, 0.3) is 0 Å². The Morgan fingerprint density at radius 3 is 2.74 bits per heavy atom. The Bertz CT molecular complexity index is 433. The number of halogens is 1. The minimum absolute atomic E-state index is 0.569. The van der Waals surface area contributed by atoms with Crippen LogP contribution in [0.3, 0.4) is 0 Å². The molecule has 4 heteroatoms. The van der Waals surface area contributed by atoms with E-state index in [-0.39, 0.29) is 0 Å². The fraction of sp³-hybridized carbons (Fsp3) is 0.600. The van der Waals surface area contributed by atoms with Gasteiger partial charge in [-0.1, -0.05) is 15.9 Å². The Labute approximate surface area is 125 Å². The summed E-state index contributed by atoms with van der Waals surface area (Å²) in [5.41, 5.74) is 2.47. The van der Waals surface area contributed by atoms with Gasteiger partial charge in [-0.2, -0.15) is 0 Å². The molecule has 1 aromatic carbocycles. The van der Waals surface area contributed by atoms with Gasteiger partial charge in [-0.05, 0) is 45.0 Å². The van der Waals surface area contributed by atoms with Crippen molar-refractivity contribution in [1.29, 1.82) is 0 Å². The summed E-state index contributed by atoms with van der Waals surface area (Å²) in [6.45, 7) is 3.48. The van der Waals surface area contributed by atoms with Crippen LogP contribution in [0.1, 0.15) is 19.8 Å². The maximum Gasteiger partial charge on any atom is 0.0597 e. The third-order valence-corrected chi connectivity index (χ3v) is 4.50. The largest absolute Gasteiger partial charge is 0.380 e. The molecule has 2 atom stereocenters. The Morgan fingerprint density at radius 1 is 1.37 bits per heavy atom. The molecule has 0 amide bonds. The van der Waals surface area contributed by atoms with E-state index in [1.807, 2.05) is 0 Å². The van der Waals surface area contributed by atoms with Crippen LogP contribution in [0, 0.1) is 0 Å². The SMILES string of the molecule is CC1CC(Nc2cc(Br)ccc2N(C)C)CCN1C. The summed E-state index contributed by atoms with van der Waals surface area (Å²) in [6, 6.07) is 7.65. The molecule has 19 heavy (non-hydrogen) atoms. The lowest BCUT2D eigenvalue weighted by atomic mass is 9.98. The van der Waals surface area contributed by atoms with Gasteiger partial charge in [0.05, 0.1) is 11.4 Å². The molecule has 1 aromatic rings. The van der Waals surface area contributed by atoms with E-state index in [1.165, 1.54) is 30.8 Å². The van der Waals surface area contributed by atoms with Crippen molar-refractivity contribution < 1.29 is 0 Å². The van der Waals surface area contributed by atoms with E-state index >= 15 is 0 Å². The van der Waals surface area contributed by atoms with Gasteiger partial charge in [0, 0.05) is 37.2 Å². The zero-order valence-corrected chi connectivity index (χ0v) is 13.9. The van der Waals surface area contributed by atoms with Crippen LogP contribution in [0.4, 0.5) is 11.4 Å². The van der Waals surface area contributed by atoms with Crippen molar-refractivity contribution in [2.24, 2.45) is 0 Å². The van der Waals surface area contributed by atoms with E-state index in [0.717, 1.165) is 4.47 Å². The average Bonchev–Trinajstić information content (AvgIpc) is 2.33. The molecule has 0 aromatic heterocycles. The van der Waals surface area contributed by atoms with E-state index in [2.05, 4.69) is 77.3 Å². The molecule has 0 radical (unpaired) electrons. The molecule has 1 fully saturated rings. The molecule has 2 unspecified atom stereocenters. The lowest BCUT2D eigenvalue weighted by Crippen LogP contribution is -2.42. The molecule has 0 aliphatic carbocycles. The lowest BCUT2D eigenvalue weighted by molar-refractivity contribution is 0.190. The molecular formula is C15H24BrN3. The minimum Gasteiger partial charge on any atom is -0.380 e. The van der Waals surface area contributed by atoms with Crippen molar-refractivity contribution in [3.63, 3.8) is 0 Å². The quantitative estimate of drug-likeness (QED) is 0.918. The van der Waals surface area contributed by atoms with Gasteiger partial charge in [-0.15, -0.1) is 0 Å². The number of nitrogens with zero attached hydrogens (tertiary/aromatic N) is 2. The van der Waals surface area contributed by atoms with Crippen molar-refractivity contribution in [3.8, 4) is 0 Å². The normalized spacial score (nSPS) is 24.3. The Balaban J connectivity index is 2.12. The van der Waals surface area contributed by atoms with Crippen molar-refractivity contribution in [3.05, 3.63) is 22.7 Å². The molecule has 2 rings (SSSR count). The van der Waals surface area contributed by atoms with E-state index in [4.69, 9.17) is 0 Å². The highest BCUT2D eigenvalue weighted by Crippen LogP contribution is 2.30. The van der Waals surface area contributed by atoms with E-state index < -0.39 is 0 Å². The van der Waals surface area contributed by atoms with Gasteiger partial charge in [-0.25, -0.2) is 0 Å². The summed E-state index contributed by atoms with van der Waals surface area (Å²) in [5, 5.41) is 3.72. The first kappa shape index (κ1) is 14.7. The van der Waals surface area contributed by atoms with Gasteiger partial charge in [0.2, 0.25) is 0 Å². The lowest BCUT2D eigenvalue weighted by Gasteiger charge is -2.36. The Kier molecular flexibility index (Phi) is 4.74. The number of nitrogens with one attached hydrogen (secondary N) is 1. The highest BCUT2D eigenvalue weighted by Gasteiger charge is 2.23. The maximum absolute atomic E-state index is 3.72. The molecule has 1 saturated heterocycles. The molecule has 3 nitrogen and oxygen atoms in total. The molecule has 0 saturated carbocycles. The number of rotatable bonds is 3. The third kappa shape index (κ3) is 3.63.